The number of hydrogen-bond acceptors (Lipinski definition) is 3. The van der Waals surface area contributed by atoms with E-state index in [0.717, 1.165) is 32.5 Å². The fourth-order valence-electron chi connectivity index (χ4n) is 1.90. The van der Waals surface area contributed by atoms with Gasteiger partial charge in [0.1, 0.15) is 0 Å². The molecule has 4 nitrogen and oxygen atoms in total. The van der Waals surface area contributed by atoms with Gasteiger partial charge in [0.15, 0.2) is 0 Å². The maximum Gasteiger partial charge on any atom is 0.303 e. The summed E-state index contributed by atoms with van der Waals surface area (Å²) in [4.78, 5) is 12.8. The zero-order chi connectivity index (χ0) is 11.3. The van der Waals surface area contributed by atoms with Gasteiger partial charge in [0.05, 0.1) is 12.7 Å². The van der Waals surface area contributed by atoms with Crippen molar-refractivity contribution in [3.05, 3.63) is 0 Å². The van der Waals surface area contributed by atoms with Crippen molar-refractivity contribution in [3.63, 3.8) is 0 Å². The van der Waals surface area contributed by atoms with Crippen molar-refractivity contribution in [1.82, 2.24) is 4.90 Å². The van der Waals surface area contributed by atoms with Crippen molar-refractivity contribution in [2.45, 2.75) is 45.3 Å². The van der Waals surface area contributed by atoms with Crippen LogP contribution >= 0.6 is 0 Å². The van der Waals surface area contributed by atoms with E-state index in [1.807, 2.05) is 0 Å². The van der Waals surface area contributed by atoms with Crippen molar-refractivity contribution in [1.29, 1.82) is 0 Å². The van der Waals surface area contributed by atoms with Gasteiger partial charge in [-0.15, -0.1) is 0 Å². The summed E-state index contributed by atoms with van der Waals surface area (Å²) < 4.78 is 5.58. The maximum atomic E-state index is 10.5. The number of carboxylic acid groups (broad SMARTS) is 1. The van der Waals surface area contributed by atoms with E-state index in [0.29, 0.717) is 12.1 Å². The lowest BCUT2D eigenvalue weighted by Gasteiger charge is -2.36. The van der Waals surface area contributed by atoms with Gasteiger partial charge in [-0.1, -0.05) is 6.92 Å². The van der Waals surface area contributed by atoms with E-state index in [4.69, 9.17) is 9.84 Å². The van der Waals surface area contributed by atoms with Crippen LogP contribution in [-0.2, 0) is 9.53 Å². The standard InChI is InChI=1S/C11H21NO3/c1-3-10-8-12(6-7-15-10)9(2)4-5-11(13)14/h9-10H,3-8H2,1-2H3,(H,13,14). The zero-order valence-electron chi connectivity index (χ0n) is 9.61. The Bertz CT molecular complexity index is 208. The molecular formula is C11H21NO3. The van der Waals surface area contributed by atoms with E-state index in [1.54, 1.807) is 0 Å². The van der Waals surface area contributed by atoms with Gasteiger partial charge in [-0.05, 0) is 19.8 Å². The first-order valence-corrected chi connectivity index (χ1v) is 5.71. The third-order valence-electron chi connectivity index (χ3n) is 3.02. The fraction of sp³-hybridized carbons (Fsp3) is 0.909. The van der Waals surface area contributed by atoms with Crippen LogP contribution in [0, 0.1) is 0 Å². The molecule has 0 radical (unpaired) electrons. The largest absolute Gasteiger partial charge is 0.481 e. The molecule has 2 atom stereocenters. The van der Waals surface area contributed by atoms with Crippen molar-refractivity contribution in [3.8, 4) is 0 Å². The molecule has 2 unspecified atom stereocenters. The highest BCUT2D eigenvalue weighted by molar-refractivity contribution is 5.66. The normalized spacial score (nSPS) is 25.1. The zero-order valence-corrected chi connectivity index (χ0v) is 9.61. The highest BCUT2D eigenvalue weighted by Gasteiger charge is 2.22. The van der Waals surface area contributed by atoms with E-state index in [2.05, 4.69) is 18.7 Å². The Morgan fingerprint density at radius 2 is 2.40 bits per heavy atom. The van der Waals surface area contributed by atoms with Gasteiger partial charge in [0.2, 0.25) is 0 Å². The SMILES string of the molecule is CCC1CN(C(C)CCC(=O)O)CCO1. The van der Waals surface area contributed by atoms with E-state index >= 15 is 0 Å². The first kappa shape index (κ1) is 12.5. The Hall–Kier alpha value is -0.610. The number of rotatable bonds is 5. The Labute approximate surface area is 91.2 Å². The van der Waals surface area contributed by atoms with Crippen LogP contribution < -0.4 is 0 Å². The lowest BCUT2D eigenvalue weighted by molar-refractivity contribution is -0.137. The van der Waals surface area contributed by atoms with E-state index in [-0.39, 0.29) is 6.42 Å². The summed E-state index contributed by atoms with van der Waals surface area (Å²) in [7, 11) is 0. The second-order valence-corrected chi connectivity index (χ2v) is 4.18. The molecule has 15 heavy (non-hydrogen) atoms. The van der Waals surface area contributed by atoms with E-state index in [9.17, 15) is 4.79 Å². The molecule has 1 N–H and O–H groups in total. The van der Waals surface area contributed by atoms with E-state index < -0.39 is 5.97 Å². The van der Waals surface area contributed by atoms with Gasteiger partial charge in [-0.2, -0.15) is 0 Å². The number of ether oxygens (including phenoxy) is 1. The smallest absolute Gasteiger partial charge is 0.303 e. The van der Waals surface area contributed by atoms with Crippen LogP contribution in [0.3, 0.4) is 0 Å². The summed E-state index contributed by atoms with van der Waals surface area (Å²) in [5, 5.41) is 8.62. The molecular weight excluding hydrogens is 194 g/mol. The number of aliphatic carboxylic acids is 1. The molecule has 1 rings (SSSR count). The summed E-state index contributed by atoms with van der Waals surface area (Å²) in [5.74, 6) is -0.706. The summed E-state index contributed by atoms with van der Waals surface area (Å²) in [5.41, 5.74) is 0. The van der Waals surface area contributed by atoms with Gasteiger partial charge in [0, 0.05) is 25.6 Å². The van der Waals surface area contributed by atoms with Crippen LogP contribution in [0.5, 0.6) is 0 Å². The molecule has 1 heterocycles. The molecule has 0 saturated carbocycles. The second-order valence-electron chi connectivity index (χ2n) is 4.18. The summed E-state index contributed by atoms with van der Waals surface area (Å²) in [6, 6.07) is 0.346. The lowest BCUT2D eigenvalue weighted by atomic mass is 10.1. The highest BCUT2D eigenvalue weighted by atomic mass is 16.5. The van der Waals surface area contributed by atoms with Gasteiger partial charge in [-0.3, -0.25) is 9.69 Å². The topological polar surface area (TPSA) is 49.8 Å². The van der Waals surface area contributed by atoms with Crippen LogP contribution in [0.1, 0.15) is 33.1 Å². The van der Waals surface area contributed by atoms with Crippen molar-refractivity contribution >= 4 is 5.97 Å². The van der Waals surface area contributed by atoms with Crippen LogP contribution in [0.15, 0.2) is 0 Å². The number of carbonyl (C=O) groups is 1. The predicted molar refractivity (Wildman–Crippen MR) is 57.9 cm³/mol. The van der Waals surface area contributed by atoms with Crippen molar-refractivity contribution in [2.24, 2.45) is 0 Å². The van der Waals surface area contributed by atoms with Gasteiger partial charge < -0.3 is 9.84 Å². The average molecular weight is 215 g/mol. The van der Waals surface area contributed by atoms with E-state index in [1.165, 1.54) is 0 Å². The summed E-state index contributed by atoms with van der Waals surface area (Å²) in [6.07, 6.45) is 2.34. The second kappa shape index (κ2) is 6.08. The molecule has 0 spiro atoms. The molecule has 0 amide bonds. The van der Waals surface area contributed by atoms with Crippen LogP contribution in [0.25, 0.3) is 0 Å². The third-order valence-corrected chi connectivity index (χ3v) is 3.02. The summed E-state index contributed by atoms with van der Waals surface area (Å²) >= 11 is 0. The molecule has 0 bridgehead atoms. The van der Waals surface area contributed by atoms with Crippen molar-refractivity contribution < 1.29 is 14.6 Å². The molecule has 1 fully saturated rings. The maximum absolute atomic E-state index is 10.5. The average Bonchev–Trinajstić information content (AvgIpc) is 2.26. The molecule has 1 aliphatic rings. The van der Waals surface area contributed by atoms with Gasteiger partial charge >= 0.3 is 5.97 Å². The first-order chi connectivity index (χ1) is 7.13. The molecule has 88 valence electrons. The Balaban J connectivity index is 2.31. The van der Waals surface area contributed by atoms with Crippen molar-refractivity contribution in [2.75, 3.05) is 19.7 Å². The van der Waals surface area contributed by atoms with Gasteiger partial charge in [-0.25, -0.2) is 0 Å². The minimum absolute atomic E-state index is 0.259. The molecule has 1 aliphatic heterocycles. The highest BCUT2D eigenvalue weighted by Crippen LogP contribution is 2.14. The minimum atomic E-state index is -0.706. The summed E-state index contributed by atoms with van der Waals surface area (Å²) in [6.45, 7) is 6.86. The molecule has 0 aliphatic carbocycles. The Morgan fingerprint density at radius 1 is 1.67 bits per heavy atom. The fourth-order valence-corrected chi connectivity index (χ4v) is 1.90. The molecule has 1 saturated heterocycles. The number of carboxylic acids is 1. The Morgan fingerprint density at radius 3 is 3.00 bits per heavy atom. The van der Waals surface area contributed by atoms with Crippen LogP contribution in [-0.4, -0.2) is 47.8 Å². The third kappa shape index (κ3) is 4.18. The monoisotopic (exact) mass is 215 g/mol. The molecule has 0 aromatic rings. The van der Waals surface area contributed by atoms with Crippen LogP contribution in [0.2, 0.25) is 0 Å². The predicted octanol–water partition coefficient (Wildman–Crippen LogP) is 1.35. The Kier molecular flexibility index (Phi) is 5.05. The lowest BCUT2D eigenvalue weighted by Crippen LogP contribution is -2.46. The van der Waals surface area contributed by atoms with Crippen LogP contribution in [0.4, 0.5) is 0 Å². The molecule has 4 heteroatoms. The number of nitrogens with zero attached hydrogens (tertiary/aromatic N) is 1. The molecule has 0 aromatic carbocycles. The first-order valence-electron chi connectivity index (χ1n) is 5.71. The van der Waals surface area contributed by atoms with Gasteiger partial charge in [0.25, 0.3) is 0 Å². The number of morpholine rings is 1. The number of hydrogen-bond donors (Lipinski definition) is 1. The molecule has 0 aromatic heterocycles. The minimum Gasteiger partial charge on any atom is -0.481 e. The quantitative estimate of drug-likeness (QED) is 0.752.